The number of hydrogen-bond donors (Lipinski definition) is 1. The molecule has 6 nitrogen and oxygen atoms in total. The van der Waals surface area contributed by atoms with E-state index in [9.17, 15) is 9.59 Å². The van der Waals surface area contributed by atoms with Crippen molar-refractivity contribution in [1.82, 2.24) is 10.2 Å². The van der Waals surface area contributed by atoms with Crippen LogP contribution in [0.5, 0.6) is 0 Å². The summed E-state index contributed by atoms with van der Waals surface area (Å²) in [6.07, 6.45) is 0.744. The molecule has 3 aromatic rings. The molecule has 7 heteroatoms. The number of ether oxygens (including phenoxy) is 2. The van der Waals surface area contributed by atoms with E-state index in [2.05, 4.69) is 10.2 Å². The van der Waals surface area contributed by atoms with Gasteiger partial charge in [0.05, 0.1) is 29.4 Å². The molecule has 0 aliphatic rings. The minimum Gasteiger partial charge on any atom is -0.466 e. The largest absolute Gasteiger partial charge is 0.466 e. The predicted octanol–water partition coefficient (Wildman–Crippen LogP) is 3.47. The van der Waals surface area contributed by atoms with Crippen LogP contribution in [0.3, 0.4) is 0 Å². The summed E-state index contributed by atoms with van der Waals surface area (Å²) in [7, 11) is 1.25. The van der Waals surface area contributed by atoms with Crippen LogP contribution in [-0.2, 0) is 20.7 Å². The first-order chi connectivity index (χ1) is 12.5. The van der Waals surface area contributed by atoms with Crippen molar-refractivity contribution in [2.75, 3.05) is 7.11 Å². The number of aromatic nitrogens is 2. The lowest BCUT2D eigenvalue weighted by Gasteiger charge is -2.17. The number of carbonyl (C=O) groups is 2. The number of aryl methyl sites for hydroxylation is 1. The third-order valence-electron chi connectivity index (χ3n) is 4.19. The highest BCUT2D eigenvalue weighted by molar-refractivity contribution is 6.35. The van der Waals surface area contributed by atoms with E-state index in [1.807, 2.05) is 6.92 Å². The van der Waals surface area contributed by atoms with Crippen LogP contribution in [0.2, 0.25) is 5.02 Å². The smallest absolute Gasteiger partial charge is 0.347 e. The monoisotopic (exact) mass is 372 g/mol. The number of nitrogens with one attached hydrogen (secondary N) is 1. The summed E-state index contributed by atoms with van der Waals surface area (Å²) < 4.78 is 10.2. The average Bonchev–Trinajstić information content (AvgIpc) is 3.16. The Morgan fingerprint density at radius 3 is 2.69 bits per heavy atom. The predicted molar refractivity (Wildman–Crippen MR) is 97.2 cm³/mol. The van der Waals surface area contributed by atoms with Crippen molar-refractivity contribution < 1.29 is 19.1 Å². The van der Waals surface area contributed by atoms with Crippen molar-refractivity contribution >= 4 is 34.4 Å². The maximum absolute atomic E-state index is 12.3. The number of halogens is 1. The first-order valence-electron chi connectivity index (χ1n) is 7.96. The molecular weight excluding hydrogens is 356 g/mol. The van der Waals surface area contributed by atoms with E-state index < -0.39 is 18.0 Å². The maximum Gasteiger partial charge on any atom is 0.347 e. The topological polar surface area (TPSA) is 81.3 Å². The van der Waals surface area contributed by atoms with Gasteiger partial charge in [-0.1, -0.05) is 29.8 Å². The highest BCUT2D eigenvalue weighted by Crippen LogP contribution is 2.28. The summed E-state index contributed by atoms with van der Waals surface area (Å²) in [5.74, 6) is -1.22. The standard InChI is InChI=1S/C19H17ClN2O4/c1-11-13(8-15(20)17-14(11)10-21-22-17)9-16(19(24)25-2)26-18(23)12-6-4-3-5-7-12/h3-8,10,16H,9H2,1-2H3,(H,21,22). The SMILES string of the molecule is COC(=O)C(Cc1cc(Cl)c2[nH]ncc2c1C)OC(=O)c1ccccc1. The third-order valence-corrected chi connectivity index (χ3v) is 4.49. The van der Waals surface area contributed by atoms with E-state index in [4.69, 9.17) is 21.1 Å². The molecule has 0 saturated carbocycles. The number of nitrogens with zero attached hydrogens (tertiary/aromatic N) is 1. The minimum absolute atomic E-state index is 0.151. The fourth-order valence-corrected chi connectivity index (χ4v) is 3.02. The number of esters is 2. The van der Waals surface area contributed by atoms with E-state index >= 15 is 0 Å². The summed E-state index contributed by atoms with van der Waals surface area (Å²) >= 11 is 6.28. The van der Waals surface area contributed by atoms with Gasteiger partial charge in [-0.05, 0) is 36.2 Å². The van der Waals surface area contributed by atoms with Gasteiger partial charge < -0.3 is 9.47 Å². The molecule has 0 saturated heterocycles. The van der Waals surface area contributed by atoms with Crippen LogP contribution >= 0.6 is 11.6 Å². The molecule has 0 bridgehead atoms. The summed E-state index contributed by atoms with van der Waals surface area (Å²) in [5, 5.41) is 8.17. The van der Waals surface area contributed by atoms with E-state index in [0.717, 1.165) is 22.0 Å². The molecule has 0 amide bonds. The van der Waals surface area contributed by atoms with E-state index in [-0.39, 0.29) is 6.42 Å². The molecule has 0 radical (unpaired) electrons. The van der Waals surface area contributed by atoms with Crippen LogP contribution in [0.15, 0.2) is 42.6 Å². The van der Waals surface area contributed by atoms with Gasteiger partial charge in [-0.2, -0.15) is 5.10 Å². The molecule has 1 aromatic heterocycles. The fraction of sp³-hybridized carbons (Fsp3) is 0.211. The van der Waals surface area contributed by atoms with Crippen LogP contribution in [0.1, 0.15) is 21.5 Å². The second-order valence-electron chi connectivity index (χ2n) is 5.79. The highest BCUT2D eigenvalue weighted by Gasteiger charge is 2.26. The second kappa shape index (κ2) is 7.58. The molecule has 1 N–H and O–H groups in total. The van der Waals surface area contributed by atoms with Crippen LogP contribution in [0, 0.1) is 6.92 Å². The minimum atomic E-state index is -1.08. The Hall–Kier alpha value is -2.86. The highest BCUT2D eigenvalue weighted by atomic mass is 35.5. The number of benzene rings is 2. The Morgan fingerprint density at radius 1 is 1.27 bits per heavy atom. The van der Waals surface area contributed by atoms with Gasteiger partial charge in [0.15, 0.2) is 0 Å². The van der Waals surface area contributed by atoms with E-state index in [1.165, 1.54) is 7.11 Å². The molecule has 26 heavy (non-hydrogen) atoms. The molecule has 2 aromatic carbocycles. The van der Waals surface area contributed by atoms with Crippen LogP contribution < -0.4 is 0 Å². The Morgan fingerprint density at radius 2 is 2.00 bits per heavy atom. The van der Waals surface area contributed by atoms with Gasteiger partial charge >= 0.3 is 11.9 Å². The van der Waals surface area contributed by atoms with E-state index in [0.29, 0.717) is 10.6 Å². The zero-order chi connectivity index (χ0) is 18.7. The second-order valence-corrected chi connectivity index (χ2v) is 6.20. The van der Waals surface area contributed by atoms with Gasteiger partial charge in [-0.25, -0.2) is 9.59 Å². The number of methoxy groups -OCH3 is 1. The fourth-order valence-electron chi connectivity index (χ4n) is 2.75. The summed E-state index contributed by atoms with van der Waals surface area (Å²) in [6.45, 7) is 1.90. The molecule has 1 heterocycles. The quantitative estimate of drug-likeness (QED) is 0.693. The van der Waals surface area contributed by atoms with Gasteiger partial charge in [0, 0.05) is 11.8 Å². The molecule has 0 aliphatic carbocycles. The third kappa shape index (κ3) is 3.55. The lowest BCUT2D eigenvalue weighted by molar-refractivity contribution is -0.150. The molecule has 134 valence electrons. The van der Waals surface area contributed by atoms with E-state index in [1.54, 1.807) is 42.6 Å². The first-order valence-corrected chi connectivity index (χ1v) is 8.34. The number of H-pyrrole nitrogens is 1. The zero-order valence-electron chi connectivity index (χ0n) is 14.3. The molecule has 0 fully saturated rings. The molecular formula is C19H17ClN2O4. The molecule has 1 atom stereocenters. The Labute approximate surface area is 155 Å². The molecule has 1 unspecified atom stereocenters. The number of hydrogen-bond acceptors (Lipinski definition) is 5. The number of rotatable bonds is 5. The van der Waals surface area contributed by atoms with Crippen molar-refractivity contribution in [3.63, 3.8) is 0 Å². The Balaban J connectivity index is 1.89. The maximum atomic E-state index is 12.3. The lowest BCUT2D eigenvalue weighted by Crippen LogP contribution is -2.31. The normalized spacial score (nSPS) is 12.0. The Kier molecular flexibility index (Phi) is 5.23. The van der Waals surface area contributed by atoms with Gasteiger partial charge in [0.1, 0.15) is 0 Å². The number of fused-ring (bicyclic) bond motifs is 1. The number of carbonyl (C=O) groups excluding carboxylic acids is 2. The summed E-state index contributed by atoms with van der Waals surface area (Å²) in [6, 6.07) is 10.2. The van der Waals surface area contributed by atoms with Crippen LogP contribution in [-0.4, -0.2) is 35.3 Å². The lowest BCUT2D eigenvalue weighted by atomic mass is 9.99. The van der Waals surface area contributed by atoms with Crippen LogP contribution in [0.25, 0.3) is 10.9 Å². The van der Waals surface area contributed by atoms with Crippen molar-refractivity contribution in [2.45, 2.75) is 19.4 Å². The molecule has 0 aliphatic heterocycles. The average molecular weight is 373 g/mol. The molecule has 3 rings (SSSR count). The van der Waals surface area contributed by atoms with Crippen molar-refractivity contribution in [2.24, 2.45) is 0 Å². The Bertz CT molecular complexity index is 953. The number of aromatic amines is 1. The van der Waals surface area contributed by atoms with Gasteiger partial charge in [0.25, 0.3) is 0 Å². The molecule has 0 spiro atoms. The van der Waals surface area contributed by atoms with Gasteiger partial charge in [-0.15, -0.1) is 0 Å². The van der Waals surface area contributed by atoms with Gasteiger partial charge in [-0.3, -0.25) is 5.10 Å². The van der Waals surface area contributed by atoms with Crippen molar-refractivity contribution in [3.8, 4) is 0 Å². The summed E-state index contributed by atoms with van der Waals surface area (Å²) in [5.41, 5.74) is 2.77. The summed E-state index contributed by atoms with van der Waals surface area (Å²) in [4.78, 5) is 24.5. The zero-order valence-corrected chi connectivity index (χ0v) is 15.0. The van der Waals surface area contributed by atoms with Crippen LogP contribution in [0.4, 0.5) is 0 Å². The van der Waals surface area contributed by atoms with Crippen molar-refractivity contribution in [1.29, 1.82) is 0 Å². The van der Waals surface area contributed by atoms with Crippen molar-refractivity contribution in [3.05, 3.63) is 64.3 Å². The first kappa shape index (κ1) is 17.9. The van der Waals surface area contributed by atoms with Gasteiger partial charge in [0.2, 0.25) is 6.10 Å².